The molecule has 0 radical (unpaired) electrons. The predicted molar refractivity (Wildman–Crippen MR) is 138 cm³/mol. The Kier molecular flexibility index (Phi) is 8.22. The van der Waals surface area contributed by atoms with Crippen LogP contribution in [0.3, 0.4) is 0 Å². The third-order valence-electron chi connectivity index (χ3n) is 5.22. The van der Waals surface area contributed by atoms with Gasteiger partial charge in [0.05, 0.1) is 13.7 Å². The summed E-state index contributed by atoms with van der Waals surface area (Å²) in [7, 11) is 1.64. The van der Waals surface area contributed by atoms with Crippen molar-refractivity contribution in [3.05, 3.63) is 72.8 Å². The maximum Gasteiger partial charge on any atom is 0.408 e. The van der Waals surface area contributed by atoms with E-state index in [1.807, 2.05) is 48.5 Å². The van der Waals surface area contributed by atoms with Crippen LogP contribution in [0.4, 0.5) is 10.5 Å². The fourth-order valence-corrected chi connectivity index (χ4v) is 3.21. The molecule has 3 rings (SSSR count). The molecule has 0 heterocycles. The predicted octanol–water partition coefficient (Wildman–Crippen LogP) is 5.37. The largest absolute Gasteiger partial charge is 0.497 e. The monoisotopic (exact) mass is 492 g/mol. The van der Waals surface area contributed by atoms with Gasteiger partial charge in [0.2, 0.25) is 0 Å². The van der Waals surface area contributed by atoms with Crippen molar-refractivity contribution in [3.8, 4) is 28.4 Å². The molecule has 0 unspecified atom stereocenters. The molecule has 0 aliphatic heterocycles. The number of amides is 2. The van der Waals surface area contributed by atoms with E-state index in [4.69, 9.17) is 14.2 Å². The first-order valence-corrected chi connectivity index (χ1v) is 11.5. The summed E-state index contributed by atoms with van der Waals surface area (Å²) in [5.41, 5.74) is 0.299. The van der Waals surface area contributed by atoms with Crippen molar-refractivity contribution in [2.75, 3.05) is 19.0 Å². The number of aliphatic hydroxyl groups excluding tert-OH is 1. The van der Waals surface area contributed by atoms with Gasteiger partial charge in [-0.25, -0.2) is 4.79 Å². The van der Waals surface area contributed by atoms with Gasteiger partial charge in [-0.1, -0.05) is 24.3 Å². The van der Waals surface area contributed by atoms with Gasteiger partial charge in [0.15, 0.2) is 0 Å². The van der Waals surface area contributed by atoms with Crippen molar-refractivity contribution in [2.45, 2.75) is 38.8 Å². The van der Waals surface area contributed by atoms with Gasteiger partial charge < -0.3 is 30.0 Å². The van der Waals surface area contributed by atoms with Crippen LogP contribution in [-0.4, -0.2) is 42.0 Å². The molecule has 2 amide bonds. The van der Waals surface area contributed by atoms with E-state index in [1.54, 1.807) is 52.1 Å². The van der Waals surface area contributed by atoms with Crippen LogP contribution in [0.5, 0.6) is 17.2 Å². The van der Waals surface area contributed by atoms with Gasteiger partial charge in [0.1, 0.15) is 28.4 Å². The fraction of sp³-hybridized carbons (Fsp3) is 0.286. The normalized spacial score (nSPS) is 12.7. The smallest absolute Gasteiger partial charge is 0.408 e. The highest BCUT2D eigenvalue weighted by molar-refractivity contribution is 5.99. The number of hydrogen-bond donors (Lipinski definition) is 3. The quantitative estimate of drug-likeness (QED) is 0.390. The first-order chi connectivity index (χ1) is 17.0. The molecule has 3 N–H and O–H groups in total. The zero-order valence-corrected chi connectivity index (χ0v) is 21.1. The number of methoxy groups -OCH3 is 1. The summed E-state index contributed by atoms with van der Waals surface area (Å²) in [6.07, 6.45) is -0.795. The number of benzene rings is 3. The van der Waals surface area contributed by atoms with Gasteiger partial charge in [-0.3, -0.25) is 4.79 Å². The topological polar surface area (TPSA) is 106 Å². The first kappa shape index (κ1) is 26.6. The van der Waals surface area contributed by atoms with E-state index in [2.05, 4.69) is 10.6 Å². The van der Waals surface area contributed by atoms with Crippen molar-refractivity contribution in [3.63, 3.8) is 0 Å². The van der Waals surface area contributed by atoms with Gasteiger partial charge >= 0.3 is 6.09 Å². The molecule has 0 aliphatic carbocycles. The molecule has 0 aromatic heterocycles. The SMILES string of the molecule is COc1ccc(-c2ccc(Oc3ccc(NC(=O)[C@](C)(CO)NC(=O)OC(C)(C)C)cc3)cc2)cc1. The maximum atomic E-state index is 12.7. The molecule has 0 bridgehead atoms. The Morgan fingerprint density at radius 3 is 1.69 bits per heavy atom. The molecular weight excluding hydrogens is 460 g/mol. The van der Waals surface area contributed by atoms with E-state index in [0.29, 0.717) is 17.2 Å². The Morgan fingerprint density at radius 2 is 1.25 bits per heavy atom. The lowest BCUT2D eigenvalue weighted by Gasteiger charge is -2.29. The van der Waals surface area contributed by atoms with Gasteiger partial charge in [0.25, 0.3) is 5.91 Å². The van der Waals surface area contributed by atoms with Crippen LogP contribution in [0, 0.1) is 0 Å². The lowest BCUT2D eigenvalue weighted by atomic mass is 10.0. The highest BCUT2D eigenvalue weighted by atomic mass is 16.6. The summed E-state index contributed by atoms with van der Waals surface area (Å²) in [4.78, 5) is 24.8. The Morgan fingerprint density at radius 1 is 0.778 bits per heavy atom. The fourth-order valence-electron chi connectivity index (χ4n) is 3.21. The molecule has 0 saturated heterocycles. The number of alkyl carbamates (subject to hydrolysis) is 1. The van der Waals surface area contributed by atoms with Crippen LogP contribution in [0.25, 0.3) is 11.1 Å². The second-order valence-corrected chi connectivity index (χ2v) is 9.45. The van der Waals surface area contributed by atoms with E-state index in [-0.39, 0.29) is 0 Å². The van der Waals surface area contributed by atoms with Crippen LogP contribution in [0.2, 0.25) is 0 Å². The van der Waals surface area contributed by atoms with E-state index in [0.717, 1.165) is 16.9 Å². The number of rotatable bonds is 8. The van der Waals surface area contributed by atoms with E-state index < -0.39 is 29.7 Å². The molecule has 3 aromatic rings. The molecule has 0 aliphatic rings. The van der Waals surface area contributed by atoms with Crippen LogP contribution in [-0.2, 0) is 9.53 Å². The first-order valence-electron chi connectivity index (χ1n) is 11.5. The van der Waals surface area contributed by atoms with Gasteiger partial charge in [-0.15, -0.1) is 0 Å². The molecule has 190 valence electrons. The molecular formula is C28H32N2O6. The molecule has 3 aromatic carbocycles. The third-order valence-corrected chi connectivity index (χ3v) is 5.22. The molecule has 0 fully saturated rings. The molecule has 0 spiro atoms. The maximum absolute atomic E-state index is 12.7. The Bertz CT molecular complexity index is 1170. The second-order valence-electron chi connectivity index (χ2n) is 9.45. The number of hydrogen-bond acceptors (Lipinski definition) is 6. The summed E-state index contributed by atoms with van der Waals surface area (Å²) < 4.78 is 16.3. The standard InChI is InChI=1S/C28H32N2O6/c1-27(2,3)36-26(33)30-28(4,18-31)25(32)29-21-10-16-24(17-11-21)35-23-14-8-20(9-15-23)19-6-12-22(34-5)13-7-19/h6-17,31H,18H2,1-5H3,(H,29,32)(H,30,33)/t28-/m0/s1. The number of carbonyl (C=O) groups is 2. The minimum Gasteiger partial charge on any atom is -0.497 e. The van der Waals surface area contributed by atoms with Crippen LogP contribution in [0.15, 0.2) is 72.8 Å². The van der Waals surface area contributed by atoms with Crippen molar-refractivity contribution >= 4 is 17.7 Å². The third kappa shape index (κ3) is 7.23. The molecule has 0 saturated carbocycles. The van der Waals surface area contributed by atoms with Gasteiger partial charge in [-0.2, -0.15) is 0 Å². The van der Waals surface area contributed by atoms with Crippen LogP contribution >= 0.6 is 0 Å². The number of anilines is 1. The highest BCUT2D eigenvalue weighted by Gasteiger charge is 2.36. The van der Waals surface area contributed by atoms with Gasteiger partial charge in [0, 0.05) is 5.69 Å². The Hall–Kier alpha value is -4.04. The Balaban J connectivity index is 1.60. The highest BCUT2D eigenvalue weighted by Crippen LogP contribution is 2.28. The van der Waals surface area contributed by atoms with Crippen LogP contribution < -0.4 is 20.1 Å². The van der Waals surface area contributed by atoms with E-state index in [1.165, 1.54) is 6.92 Å². The zero-order valence-electron chi connectivity index (χ0n) is 21.1. The van der Waals surface area contributed by atoms with Crippen molar-refractivity contribution in [1.29, 1.82) is 0 Å². The minimum atomic E-state index is -1.57. The lowest BCUT2D eigenvalue weighted by molar-refractivity contribution is -0.123. The molecule has 8 nitrogen and oxygen atoms in total. The number of nitrogens with one attached hydrogen (secondary N) is 2. The molecule has 36 heavy (non-hydrogen) atoms. The number of aliphatic hydroxyl groups is 1. The van der Waals surface area contributed by atoms with Gasteiger partial charge in [-0.05, 0) is 87.4 Å². The molecule has 8 heteroatoms. The van der Waals surface area contributed by atoms with Crippen LogP contribution in [0.1, 0.15) is 27.7 Å². The van der Waals surface area contributed by atoms with Crippen molar-refractivity contribution < 1.29 is 28.9 Å². The Labute approximate surface area is 211 Å². The lowest BCUT2D eigenvalue weighted by Crippen LogP contribution is -2.58. The zero-order chi connectivity index (χ0) is 26.3. The number of ether oxygens (including phenoxy) is 3. The average Bonchev–Trinajstić information content (AvgIpc) is 2.84. The van der Waals surface area contributed by atoms with Crippen molar-refractivity contribution in [1.82, 2.24) is 5.32 Å². The minimum absolute atomic E-state index is 0.480. The number of carbonyl (C=O) groups excluding carboxylic acids is 2. The second kappa shape index (κ2) is 11.1. The molecule has 1 atom stereocenters. The van der Waals surface area contributed by atoms with E-state index in [9.17, 15) is 14.7 Å². The summed E-state index contributed by atoms with van der Waals surface area (Å²) in [5.74, 6) is 1.47. The average molecular weight is 493 g/mol. The summed E-state index contributed by atoms with van der Waals surface area (Å²) in [6.45, 7) is 5.94. The summed E-state index contributed by atoms with van der Waals surface area (Å²) in [6, 6.07) is 22.3. The summed E-state index contributed by atoms with van der Waals surface area (Å²) >= 11 is 0. The van der Waals surface area contributed by atoms with Crippen molar-refractivity contribution in [2.24, 2.45) is 0 Å². The van der Waals surface area contributed by atoms with E-state index >= 15 is 0 Å². The summed E-state index contributed by atoms with van der Waals surface area (Å²) in [5, 5.41) is 14.9.